The number of benzene rings is 1. The first kappa shape index (κ1) is 22.2. The summed E-state index contributed by atoms with van der Waals surface area (Å²) < 4.78 is 34.2. The average Bonchev–Trinajstić information content (AvgIpc) is 3.21. The zero-order chi connectivity index (χ0) is 21.0. The molecule has 0 radical (unpaired) electrons. The van der Waals surface area contributed by atoms with E-state index < -0.39 is 10.0 Å². The maximum atomic E-state index is 13.5. The molecule has 2 saturated heterocycles. The van der Waals surface area contributed by atoms with Crippen LogP contribution in [0.15, 0.2) is 17.0 Å². The van der Waals surface area contributed by atoms with Gasteiger partial charge >= 0.3 is 0 Å². The number of aryl methyl sites for hydroxylation is 3. The highest BCUT2D eigenvalue weighted by Gasteiger charge is 2.31. The predicted molar refractivity (Wildman–Crippen MR) is 112 cm³/mol. The van der Waals surface area contributed by atoms with Gasteiger partial charge in [-0.3, -0.25) is 4.79 Å². The van der Waals surface area contributed by atoms with Crippen molar-refractivity contribution in [2.75, 3.05) is 45.9 Å². The van der Waals surface area contributed by atoms with Crippen molar-refractivity contribution in [1.82, 2.24) is 14.5 Å². The van der Waals surface area contributed by atoms with Crippen LogP contribution in [0.5, 0.6) is 0 Å². The number of amides is 1. The SMILES string of the molecule is Cc1cc(C)c(S(=O)(=O)N(CCC(=O)N2CCNCC2)C[C@H]2CCCO2)cc1C. The highest BCUT2D eigenvalue weighted by Crippen LogP contribution is 2.25. The Hall–Kier alpha value is -1.48. The molecule has 2 fully saturated rings. The minimum Gasteiger partial charge on any atom is -0.377 e. The molecule has 2 aliphatic rings. The Morgan fingerprint density at radius 1 is 1.17 bits per heavy atom. The Kier molecular flexibility index (Phi) is 7.32. The van der Waals surface area contributed by atoms with Gasteiger partial charge in [-0.2, -0.15) is 4.31 Å². The number of sulfonamides is 1. The van der Waals surface area contributed by atoms with Crippen molar-refractivity contribution in [3.8, 4) is 0 Å². The summed E-state index contributed by atoms with van der Waals surface area (Å²) in [6.45, 7) is 9.79. The number of rotatable bonds is 7. The predicted octanol–water partition coefficient (Wildman–Crippen LogP) is 1.60. The van der Waals surface area contributed by atoms with E-state index in [4.69, 9.17) is 4.74 Å². The molecule has 0 bridgehead atoms. The van der Waals surface area contributed by atoms with Crippen LogP contribution in [0.4, 0.5) is 0 Å². The van der Waals surface area contributed by atoms with E-state index in [1.54, 1.807) is 6.07 Å². The van der Waals surface area contributed by atoms with E-state index in [1.165, 1.54) is 4.31 Å². The number of carbonyl (C=O) groups excluding carboxylic acids is 1. The third kappa shape index (κ3) is 5.36. The Labute approximate surface area is 174 Å². The summed E-state index contributed by atoms with van der Waals surface area (Å²) in [5, 5.41) is 3.23. The first-order valence-electron chi connectivity index (χ1n) is 10.5. The molecule has 1 aromatic carbocycles. The van der Waals surface area contributed by atoms with E-state index in [0.717, 1.165) is 42.6 Å². The number of hydrogen-bond donors (Lipinski definition) is 1. The van der Waals surface area contributed by atoms with Crippen LogP contribution >= 0.6 is 0 Å². The van der Waals surface area contributed by atoms with Gasteiger partial charge in [0.25, 0.3) is 0 Å². The van der Waals surface area contributed by atoms with Crippen LogP contribution in [0.25, 0.3) is 0 Å². The number of hydrogen-bond acceptors (Lipinski definition) is 5. The molecule has 162 valence electrons. The molecule has 3 rings (SSSR count). The van der Waals surface area contributed by atoms with Gasteiger partial charge in [0.1, 0.15) is 0 Å². The van der Waals surface area contributed by atoms with Crippen molar-refractivity contribution >= 4 is 15.9 Å². The van der Waals surface area contributed by atoms with Gasteiger partial charge in [0.2, 0.25) is 15.9 Å². The summed E-state index contributed by atoms with van der Waals surface area (Å²) in [5.74, 6) is 0.0100. The molecule has 2 aliphatic heterocycles. The number of nitrogens with zero attached hydrogens (tertiary/aromatic N) is 2. The normalized spacial score (nSPS) is 20.4. The Balaban J connectivity index is 1.80. The van der Waals surface area contributed by atoms with Crippen molar-refractivity contribution in [1.29, 1.82) is 0 Å². The molecule has 29 heavy (non-hydrogen) atoms. The standard InChI is InChI=1S/C21H33N3O4S/c1-16-13-18(3)20(14-17(16)2)29(26,27)24(15-19-5-4-12-28-19)9-6-21(25)23-10-7-22-8-11-23/h13-14,19,22H,4-12,15H2,1-3H3/t19-/m1/s1. The summed E-state index contributed by atoms with van der Waals surface area (Å²) in [5.41, 5.74) is 2.75. The van der Waals surface area contributed by atoms with Crippen LogP contribution in [-0.4, -0.2) is 75.5 Å². The lowest BCUT2D eigenvalue weighted by Crippen LogP contribution is -2.47. The monoisotopic (exact) mass is 423 g/mol. The molecular weight excluding hydrogens is 390 g/mol. The molecule has 1 atom stereocenters. The summed E-state index contributed by atoms with van der Waals surface area (Å²) in [7, 11) is -3.71. The van der Waals surface area contributed by atoms with Gasteiger partial charge in [-0.05, 0) is 56.4 Å². The molecule has 0 saturated carbocycles. The maximum Gasteiger partial charge on any atom is 0.243 e. The van der Waals surface area contributed by atoms with Crippen molar-refractivity contribution in [2.24, 2.45) is 0 Å². The van der Waals surface area contributed by atoms with Crippen LogP contribution in [0.2, 0.25) is 0 Å². The molecule has 0 unspecified atom stereocenters. The van der Waals surface area contributed by atoms with Gasteiger partial charge < -0.3 is 15.0 Å². The third-order valence-electron chi connectivity index (χ3n) is 5.89. The van der Waals surface area contributed by atoms with Crippen molar-refractivity contribution in [2.45, 2.75) is 51.0 Å². The van der Waals surface area contributed by atoms with Crippen molar-refractivity contribution in [3.63, 3.8) is 0 Å². The lowest BCUT2D eigenvalue weighted by Gasteiger charge is -2.29. The lowest BCUT2D eigenvalue weighted by atomic mass is 10.1. The molecule has 2 heterocycles. The molecule has 1 amide bonds. The minimum atomic E-state index is -3.71. The Morgan fingerprint density at radius 2 is 1.86 bits per heavy atom. The van der Waals surface area contributed by atoms with Crippen LogP contribution in [-0.2, 0) is 19.6 Å². The van der Waals surface area contributed by atoms with E-state index in [-0.39, 0.29) is 25.0 Å². The minimum absolute atomic E-state index is 0.0100. The van der Waals surface area contributed by atoms with Gasteiger partial charge in [0.15, 0.2) is 0 Å². The molecule has 0 aromatic heterocycles. The van der Waals surface area contributed by atoms with Gasteiger partial charge in [-0.25, -0.2) is 8.42 Å². The topological polar surface area (TPSA) is 79.0 Å². The van der Waals surface area contributed by atoms with Crippen molar-refractivity contribution < 1.29 is 17.9 Å². The highest BCUT2D eigenvalue weighted by atomic mass is 32.2. The molecule has 1 N–H and O–H groups in total. The summed E-state index contributed by atoms with van der Waals surface area (Å²) in [4.78, 5) is 14.8. The lowest BCUT2D eigenvalue weighted by molar-refractivity contribution is -0.131. The number of carbonyl (C=O) groups is 1. The fourth-order valence-corrected chi connectivity index (χ4v) is 5.73. The van der Waals surface area contributed by atoms with Crippen LogP contribution in [0.3, 0.4) is 0 Å². The van der Waals surface area contributed by atoms with Gasteiger partial charge in [-0.1, -0.05) is 6.07 Å². The largest absolute Gasteiger partial charge is 0.377 e. The van der Waals surface area contributed by atoms with Crippen LogP contribution in [0.1, 0.15) is 36.0 Å². The smallest absolute Gasteiger partial charge is 0.243 e. The highest BCUT2D eigenvalue weighted by molar-refractivity contribution is 7.89. The van der Waals surface area contributed by atoms with E-state index in [0.29, 0.717) is 31.1 Å². The molecule has 0 spiro atoms. The third-order valence-corrected chi connectivity index (χ3v) is 7.89. The second kappa shape index (κ2) is 9.55. The fourth-order valence-electron chi connectivity index (χ4n) is 3.97. The first-order chi connectivity index (χ1) is 13.8. The Morgan fingerprint density at radius 3 is 2.52 bits per heavy atom. The fraction of sp³-hybridized carbons (Fsp3) is 0.667. The average molecular weight is 424 g/mol. The van der Waals surface area contributed by atoms with Crippen LogP contribution in [0, 0.1) is 20.8 Å². The second-order valence-corrected chi connectivity index (χ2v) is 9.99. The first-order valence-corrected chi connectivity index (χ1v) is 11.9. The zero-order valence-electron chi connectivity index (χ0n) is 17.7. The summed E-state index contributed by atoms with van der Waals surface area (Å²) >= 11 is 0. The van der Waals surface area contributed by atoms with E-state index in [9.17, 15) is 13.2 Å². The molecular formula is C21H33N3O4S. The summed E-state index contributed by atoms with van der Waals surface area (Å²) in [6, 6.07) is 3.67. The molecule has 0 aliphatic carbocycles. The van der Waals surface area contributed by atoms with Gasteiger partial charge in [0, 0.05) is 52.3 Å². The Bertz CT molecular complexity index is 829. The number of piperazine rings is 1. The quantitative estimate of drug-likeness (QED) is 0.721. The van der Waals surface area contributed by atoms with Crippen molar-refractivity contribution in [3.05, 3.63) is 28.8 Å². The molecule has 7 nitrogen and oxygen atoms in total. The number of nitrogens with one attached hydrogen (secondary N) is 1. The maximum absolute atomic E-state index is 13.5. The molecule has 1 aromatic rings. The van der Waals surface area contributed by atoms with E-state index in [1.807, 2.05) is 31.7 Å². The van der Waals surface area contributed by atoms with E-state index >= 15 is 0 Å². The van der Waals surface area contributed by atoms with E-state index in [2.05, 4.69) is 5.32 Å². The molecule has 8 heteroatoms. The number of ether oxygens (including phenoxy) is 1. The summed E-state index contributed by atoms with van der Waals surface area (Å²) in [6.07, 6.45) is 1.88. The second-order valence-electron chi connectivity index (χ2n) is 8.08. The zero-order valence-corrected chi connectivity index (χ0v) is 18.6. The van der Waals surface area contributed by atoms with Gasteiger partial charge in [0.05, 0.1) is 11.0 Å². The van der Waals surface area contributed by atoms with Gasteiger partial charge in [-0.15, -0.1) is 0 Å². The van der Waals surface area contributed by atoms with Crippen LogP contribution < -0.4 is 5.32 Å².